The first-order valence-electron chi connectivity index (χ1n) is 11.0. The van der Waals surface area contributed by atoms with Crippen molar-refractivity contribution in [2.45, 2.75) is 31.8 Å². The second kappa shape index (κ2) is 8.93. The smallest absolute Gasteiger partial charge is 0.335 e. The highest BCUT2D eigenvalue weighted by Crippen LogP contribution is 2.32. The second-order valence-corrected chi connectivity index (χ2v) is 8.30. The molecule has 0 unspecified atom stereocenters. The van der Waals surface area contributed by atoms with Crippen LogP contribution in [0.4, 0.5) is 0 Å². The maximum absolute atomic E-state index is 12.8. The van der Waals surface area contributed by atoms with Gasteiger partial charge in [-0.3, -0.25) is 9.59 Å². The number of carboxylic acids is 1. The zero-order valence-electron chi connectivity index (χ0n) is 18.2. The molecule has 1 aromatic heterocycles. The lowest BCUT2D eigenvalue weighted by atomic mass is 10.0. The zero-order chi connectivity index (χ0) is 23.7. The molecule has 1 aliphatic heterocycles. The standard InChI is InChI=1S/C25H22N4O5/c30-23(26-12-14-1-6-22-16(9-14)7-8-34-22)20-11-21(28-13-27-20)24(31)29-19-5-3-15-10-17(25(32)33)2-4-18(15)19/h1-2,4,6,9-11,13,19H,3,5,7-8,12H2,(H,26,30)(H,29,31)(H,32,33)/t19-/m0/s1. The Hall–Kier alpha value is -4.27. The third-order valence-corrected chi connectivity index (χ3v) is 6.11. The van der Waals surface area contributed by atoms with Crippen LogP contribution in [0.5, 0.6) is 5.75 Å². The van der Waals surface area contributed by atoms with Crippen LogP contribution < -0.4 is 15.4 Å². The van der Waals surface area contributed by atoms with Crippen molar-refractivity contribution in [3.63, 3.8) is 0 Å². The Bertz CT molecular complexity index is 1310. The predicted octanol–water partition coefficient (Wildman–Crippen LogP) is 2.46. The molecule has 3 N–H and O–H groups in total. The molecular formula is C25H22N4O5. The van der Waals surface area contributed by atoms with Crippen LogP contribution in [0.1, 0.15) is 66.1 Å². The van der Waals surface area contributed by atoms with Gasteiger partial charge in [0.25, 0.3) is 11.8 Å². The van der Waals surface area contributed by atoms with E-state index in [1.54, 1.807) is 12.1 Å². The maximum Gasteiger partial charge on any atom is 0.335 e. The Morgan fingerprint density at radius 3 is 2.62 bits per heavy atom. The molecule has 0 spiro atoms. The van der Waals surface area contributed by atoms with Crippen molar-refractivity contribution in [2.75, 3.05) is 6.61 Å². The number of benzene rings is 2. The number of hydrogen-bond donors (Lipinski definition) is 3. The molecule has 0 fully saturated rings. The number of amides is 2. The summed E-state index contributed by atoms with van der Waals surface area (Å²) in [5.74, 6) is -0.920. The third-order valence-electron chi connectivity index (χ3n) is 6.11. The van der Waals surface area contributed by atoms with E-state index in [4.69, 9.17) is 9.84 Å². The number of aryl methyl sites for hydroxylation is 1. The molecule has 2 amide bonds. The van der Waals surface area contributed by atoms with Gasteiger partial charge >= 0.3 is 5.97 Å². The van der Waals surface area contributed by atoms with Crippen LogP contribution in [0.25, 0.3) is 0 Å². The van der Waals surface area contributed by atoms with Crippen molar-refractivity contribution in [3.05, 3.63) is 88.0 Å². The summed E-state index contributed by atoms with van der Waals surface area (Å²) >= 11 is 0. The van der Waals surface area contributed by atoms with Crippen molar-refractivity contribution in [3.8, 4) is 5.75 Å². The van der Waals surface area contributed by atoms with Gasteiger partial charge in [-0.2, -0.15) is 0 Å². The summed E-state index contributed by atoms with van der Waals surface area (Å²) in [6, 6.07) is 11.9. The molecule has 2 aliphatic rings. The SMILES string of the molecule is O=C(O)c1ccc2c(c1)CC[C@@H]2NC(=O)c1cc(C(=O)NCc2ccc3c(c2)CCO3)ncn1. The minimum absolute atomic E-state index is 0.0884. The summed E-state index contributed by atoms with van der Waals surface area (Å²) in [5.41, 5.74) is 4.30. The molecule has 5 rings (SSSR count). The lowest BCUT2D eigenvalue weighted by Crippen LogP contribution is -2.29. The van der Waals surface area contributed by atoms with E-state index in [0.29, 0.717) is 26.0 Å². The number of nitrogens with zero attached hydrogens (tertiary/aromatic N) is 2. The van der Waals surface area contributed by atoms with Crippen molar-refractivity contribution < 1.29 is 24.2 Å². The molecule has 3 aromatic rings. The van der Waals surface area contributed by atoms with Crippen LogP contribution >= 0.6 is 0 Å². The van der Waals surface area contributed by atoms with E-state index in [1.807, 2.05) is 18.2 Å². The van der Waals surface area contributed by atoms with Gasteiger partial charge in [0.05, 0.1) is 18.2 Å². The number of carbonyl (C=O) groups excluding carboxylic acids is 2. The Morgan fingerprint density at radius 2 is 1.79 bits per heavy atom. The van der Waals surface area contributed by atoms with Gasteiger partial charge in [-0.1, -0.05) is 18.2 Å². The Balaban J connectivity index is 1.23. The lowest BCUT2D eigenvalue weighted by molar-refractivity contribution is 0.0696. The van der Waals surface area contributed by atoms with Gasteiger partial charge in [0, 0.05) is 19.0 Å². The number of carboxylic acid groups (broad SMARTS) is 1. The molecule has 9 heteroatoms. The number of aromatic nitrogens is 2. The quantitative estimate of drug-likeness (QED) is 0.517. The number of nitrogens with one attached hydrogen (secondary N) is 2. The molecule has 1 atom stereocenters. The predicted molar refractivity (Wildman–Crippen MR) is 121 cm³/mol. The van der Waals surface area contributed by atoms with Crippen molar-refractivity contribution in [1.29, 1.82) is 0 Å². The van der Waals surface area contributed by atoms with Crippen LogP contribution in [0, 0.1) is 0 Å². The van der Waals surface area contributed by atoms with Crippen LogP contribution in [0.15, 0.2) is 48.8 Å². The van der Waals surface area contributed by atoms with E-state index in [-0.39, 0.29) is 23.0 Å². The van der Waals surface area contributed by atoms with E-state index in [2.05, 4.69) is 20.6 Å². The fraction of sp³-hybridized carbons (Fsp3) is 0.240. The molecule has 0 radical (unpaired) electrons. The highest BCUT2D eigenvalue weighted by atomic mass is 16.5. The summed E-state index contributed by atoms with van der Waals surface area (Å²) in [6.07, 6.45) is 3.38. The van der Waals surface area contributed by atoms with Crippen LogP contribution in [-0.2, 0) is 19.4 Å². The van der Waals surface area contributed by atoms with Crippen molar-refractivity contribution in [1.82, 2.24) is 20.6 Å². The van der Waals surface area contributed by atoms with Crippen LogP contribution in [-0.4, -0.2) is 39.5 Å². The van der Waals surface area contributed by atoms with Crippen LogP contribution in [0.3, 0.4) is 0 Å². The largest absolute Gasteiger partial charge is 0.493 e. The van der Waals surface area contributed by atoms with Gasteiger partial charge in [0.1, 0.15) is 23.5 Å². The minimum Gasteiger partial charge on any atom is -0.493 e. The third kappa shape index (κ3) is 4.32. The van der Waals surface area contributed by atoms with E-state index >= 15 is 0 Å². The summed E-state index contributed by atoms with van der Waals surface area (Å²) in [5, 5.41) is 14.9. The fourth-order valence-electron chi connectivity index (χ4n) is 4.36. The maximum atomic E-state index is 12.8. The molecule has 2 heterocycles. The normalized spacial score (nSPS) is 15.7. The summed E-state index contributed by atoms with van der Waals surface area (Å²) in [6.45, 7) is 1.00. The minimum atomic E-state index is -0.979. The number of fused-ring (bicyclic) bond motifs is 2. The first-order chi connectivity index (χ1) is 16.5. The number of rotatable bonds is 6. The summed E-state index contributed by atoms with van der Waals surface area (Å²) in [4.78, 5) is 44.6. The van der Waals surface area contributed by atoms with Gasteiger partial charge in [-0.25, -0.2) is 14.8 Å². The van der Waals surface area contributed by atoms with Gasteiger partial charge in [0.2, 0.25) is 0 Å². The topological polar surface area (TPSA) is 131 Å². The average Bonchev–Trinajstić information content (AvgIpc) is 3.48. The second-order valence-electron chi connectivity index (χ2n) is 8.30. The van der Waals surface area contributed by atoms with Gasteiger partial charge in [-0.05, 0) is 53.3 Å². The molecule has 172 valence electrons. The number of aromatic carboxylic acids is 1. The average molecular weight is 458 g/mol. The molecule has 0 bridgehead atoms. The molecule has 1 aliphatic carbocycles. The van der Waals surface area contributed by atoms with Gasteiger partial charge in [-0.15, -0.1) is 0 Å². The first kappa shape index (κ1) is 21.6. The zero-order valence-corrected chi connectivity index (χ0v) is 18.2. The van der Waals surface area contributed by atoms with Gasteiger partial charge in [0.15, 0.2) is 0 Å². The number of ether oxygens (including phenoxy) is 1. The van der Waals surface area contributed by atoms with E-state index in [1.165, 1.54) is 18.5 Å². The van der Waals surface area contributed by atoms with Crippen molar-refractivity contribution >= 4 is 17.8 Å². The first-order valence-corrected chi connectivity index (χ1v) is 11.0. The highest BCUT2D eigenvalue weighted by molar-refractivity contribution is 5.97. The molecule has 0 saturated heterocycles. The molecule has 2 aromatic carbocycles. The summed E-state index contributed by atoms with van der Waals surface area (Å²) in [7, 11) is 0. The fourth-order valence-corrected chi connectivity index (χ4v) is 4.36. The number of carbonyl (C=O) groups is 3. The van der Waals surface area contributed by atoms with E-state index < -0.39 is 17.8 Å². The Kier molecular flexibility index (Phi) is 5.67. The van der Waals surface area contributed by atoms with Crippen molar-refractivity contribution in [2.24, 2.45) is 0 Å². The molecular weight excluding hydrogens is 436 g/mol. The monoisotopic (exact) mass is 458 g/mol. The summed E-state index contributed by atoms with van der Waals surface area (Å²) < 4.78 is 5.50. The van der Waals surface area contributed by atoms with E-state index in [9.17, 15) is 14.4 Å². The lowest BCUT2D eigenvalue weighted by Gasteiger charge is -2.14. The molecule has 9 nitrogen and oxygen atoms in total. The van der Waals surface area contributed by atoms with E-state index in [0.717, 1.165) is 34.4 Å². The van der Waals surface area contributed by atoms with Crippen LogP contribution in [0.2, 0.25) is 0 Å². The Morgan fingerprint density at radius 1 is 0.971 bits per heavy atom. The Labute approximate surface area is 195 Å². The molecule has 34 heavy (non-hydrogen) atoms. The highest BCUT2D eigenvalue weighted by Gasteiger charge is 2.26. The molecule has 0 saturated carbocycles. The number of hydrogen-bond acceptors (Lipinski definition) is 6. The van der Waals surface area contributed by atoms with Gasteiger partial charge < -0.3 is 20.5 Å².